The van der Waals surface area contributed by atoms with E-state index in [0.29, 0.717) is 0 Å². The summed E-state index contributed by atoms with van der Waals surface area (Å²) in [5.41, 5.74) is -1.28. The summed E-state index contributed by atoms with van der Waals surface area (Å²) >= 11 is 5.42. The topological polar surface area (TPSA) is 59.2 Å². The van der Waals surface area contributed by atoms with E-state index in [1.165, 1.54) is 7.11 Å². The van der Waals surface area contributed by atoms with Gasteiger partial charge >= 0.3 is 5.97 Å². The Bertz CT molecular complexity index is 473. The molecule has 1 rings (SSSR count). The summed E-state index contributed by atoms with van der Waals surface area (Å²) < 4.78 is 29.7. The van der Waals surface area contributed by atoms with Gasteiger partial charge in [-0.05, 0) is 6.07 Å². The van der Waals surface area contributed by atoms with E-state index in [-0.39, 0.29) is 23.6 Å². The Hall–Kier alpha value is -1.43. The Morgan fingerprint density at radius 1 is 1.59 bits per heavy atom. The van der Waals surface area contributed by atoms with Crippen LogP contribution in [0.4, 0.5) is 8.78 Å². The molecule has 0 fully saturated rings. The summed E-state index contributed by atoms with van der Waals surface area (Å²) in [5, 5.41) is 0. The highest BCUT2D eigenvalue weighted by atomic mass is 35.5. The molecule has 0 aliphatic heterocycles. The average Bonchev–Trinajstić information content (AvgIpc) is 2.28. The zero-order valence-electron chi connectivity index (χ0n) is 8.93. The van der Waals surface area contributed by atoms with Crippen molar-refractivity contribution in [3.05, 3.63) is 33.2 Å². The highest BCUT2D eigenvalue weighted by Crippen LogP contribution is 2.22. The molecular weight excluding hydrogens is 256 g/mol. The molecule has 0 saturated heterocycles. The molecule has 0 aliphatic carbocycles. The monoisotopic (exact) mass is 265 g/mol. The van der Waals surface area contributed by atoms with Crippen molar-refractivity contribution in [1.29, 1.82) is 0 Å². The predicted molar refractivity (Wildman–Crippen MR) is 57.3 cm³/mol. The third-order valence-corrected chi connectivity index (χ3v) is 2.42. The van der Waals surface area contributed by atoms with E-state index >= 15 is 0 Å². The van der Waals surface area contributed by atoms with Gasteiger partial charge in [0.2, 0.25) is 0 Å². The maximum Gasteiger partial charge on any atom is 0.311 e. The number of carbonyl (C=O) groups is 1. The summed E-state index contributed by atoms with van der Waals surface area (Å²) in [5.74, 6) is -0.937. The van der Waals surface area contributed by atoms with E-state index in [0.717, 1.165) is 6.07 Å². The van der Waals surface area contributed by atoms with Gasteiger partial charge in [-0.2, -0.15) is 0 Å². The fraction of sp³-hybridized carbons (Fsp3) is 0.400. The molecule has 1 N–H and O–H groups in total. The Morgan fingerprint density at radius 2 is 2.24 bits per heavy atom. The largest absolute Gasteiger partial charge is 0.469 e. The van der Waals surface area contributed by atoms with Gasteiger partial charge in [-0.1, -0.05) is 0 Å². The van der Waals surface area contributed by atoms with Crippen molar-refractivity contribution in [2.24, 2.45) is 0 Å². The molecule has 4 nitrogen and oxygen atoms in total. The van der Waals surface area contributed by atoms with Crippen LogP contribution in [-0.4, -0.2) is 18.1 Å². The number of alkyl halides is 3. The van der Waals surface area contributed by atoms with Crippen molar-refractivity contribution in [2.75, 3.05) is 7.11 Å². The lowest BCUT2D eigenvalue weighted by molar-refractivity contribution is -0.139. The van der Waals surface area contributed by atoms with E-state index < -0.39 is 23.5 Å². The first kappa shape index (κ1) is 13.6. The van der Waals surface area contributed by atoms with Gasteiger partial charge < -0.3 is 9.72 Å². The number of hydrogen-bond acceptors (Lipinski definition) is 3. The van der Waals surface area contributed by atoms with E-state index in [9.17, 15) is 18.4 Å². The first-order valence-corrected chi connectivity index (χ1v) is 5.19. The number of carbonyl (C=O) groups excluding carboxylic acids is 1. The highest BCUT2D eigenvalue weighted by Gasteiger charge is 2.17. The van der Waals surface area contributed by atoms with Crippen LogP contribution in [0.15, 0.2) is 10.9 Å². The van der Waals surface area contributed by atoms with Gasteiger partial charge in [0, 0.05) is 16.8 Å². The second-order valence-electron chi connectivity index (χ2n) is 3.24. The third-order valence-electron chi connectivity index (χ3n) is 2.16. The Balaban J connectivity index is 3.20. The first-order valence-electron chi connectivity index (χ1n) is 4.65. The zero-order valence-corrected chi connectivity index (χ0v) is 9.68. The third kappa shape index (κ3) is 3.26. The molecule has 1 aromatic heterocycles. The molecule has 0 atom stereocenters. The van der Waals surface area contributed by atoms with Crippen LogP contribution in [0.5, 0.6) is 0 Å². The number of H-pyrrole nitrogens is 1. The second-order valence-corrected chi connectivity index (χ2v) is 3.51. The van der Waals surface area contributed by atoms with E-state index in [2.05, 4.69) is 9.72 Å². The van der Waals surface area contributed by atoms with Gasteiger partial charge in [0.1, 0.15) is 0 Å². The molecule has 94 valence electrons. The second kappa shape index (κ2) is 5.77. The Kier molecular flexibility index (Phi) is 4.62. The van der Waals surface area contributed by atoms with Crippen LogP contribution in [0, 0.1) is 0 Å². The summed E-state index contributed by atoms with van der Waals surface area (Å²) in [7, 11) is 1.17. The lowest BCUT2D eigenvalue weighted by atomic mass is 10.1. The fourth-order valence-electron chi connectivity index (χ4n) is 1.32. The van der Waals surface area contributed by atoms with Crippen LogP contribution >= 0.6 is 11.6 Å². The summed E-state index contributed by atoms with van der Waals surface area (Å²) in [6.07, 6.45) is -3.09. The molecule has 7 heteroatoms. The minimum Gasteiger partial charge on any atom is -0.469 e. The number of esters is 1. The van der Waals surface area contributed by atoms with E-state index in [1.54, 1.807) is 0 Å². The highest BCUT2D eigenvalue weighted by molar-refractivity contribution is 6.17. The molecule has 0 saturated carbocycles. The molecule has 0 aromatic carbocycles. The minimum absolute atomic E-state index is 0.0750. The van der Waals surface area contributed by atoms with Crippen LogP contribution in [0.1, 0.15) is 23.2 Å². The average molecular weight is 266 g/mol. The predicted octanol–water partition coefficient (Wildman–Crippen LogP) is 1.77. The van der Waals surface area contributed by atoms with Gasteiger partial charge in [-0.25, -0.2) is 8.78 Å². The number of pyridine rings is 1. The van der Waals surface area contributed by atoms with Crippen LogP contribution in [-0.2, 0) is 21.8 Å². The maximum atomic E-state index is 12.7. The molecule has 1 heterocycles. The quantitative estimate of drug-likeness (QED) is 0.667. The van der Waals surface area contributed by atoms with Crippen LogP contribution < -0.4 is 5.56 Å². The number of nitrogens with one attached hydrogen (secondary N) is 1. The molecule has 0 spiro atoms. The van der Waals surface area contributed by atoms with Crippen LogP contribution in [0.3, 0.4) is 0 Å². The molecular formula is C10H10ClF2NO3. The number of aromatic amines is 1. The Morgan fingerprint density at radius 3 is 2.71 bits per heavy atom. The van der Waals surface area contributed by atoms with Gasteiger partial charge in [-0.3, -0.25) is 9.59 Å². The molecule has 0 amide bonds. The maximum absolute atomic E-state index is 12.7. The number of aromatic nitrogens is 1. The van der Waals surface area contributed by atoms with E-state index in [4.69, 9.17) is 11.6 Å². The summed E-state index contributed by atoms with van der Waals surface area (Å²) in [6, 6.07) is 1.06. The van der Waals surface area contributed by atoms with Gasteiger partial charge in [0.25, 0.3) is 12.0 Å². The molecule has 1 aromatic rings. The summed E-state index contributed by atoms with van der Waals surface area (Å²) in [6.45, 7) is 0. The number of rotatable bonds is 4. The molecule has 17 heavy (non-hydrogen) atoms. The number of halogens is 3. The normalized spacial score (nSPS) is 10.6. The standard InChI is InChI=1S/C10H10ClF2NO3/c1-17-8(15)3-5-2-6(9(12)13)7(4-11)10(16)14-5/h2,9H,3-4H2,1H3,(H,14,16). The molecule has 0 unspecified atom stereocenters. The van der Waals surface area contributed by atoms with Crippen molar-refractivity contribution < 1.29 is 18.3 Å². The Labute approximate surface area is 101 Å². The number of ether oxygens (including phenoxy) is 1. The van der Waals surface area contributed by atoms with Crippen LogP contribution in [0.2, 0.25) is 0 Å². The molecule has 0 bridgehead atoms. The smallest absolute Gasteiger partial charge is 0.311 e. The zero-order chi connectivity index (χ0) is 13.0. The first-order chi connectivity index (χ1) is 7.99. The van der Waals surface area contributed by atoms with Crippen LogP contribution in [0.25, 0.3) is 0 Å². The fourth-order valence-corrected chi connectivity index (χ4v) is 1.59. The SMILES string of the molecule is COC(=O)Cc1cc(C(F)F)c(CCl)c(=O)[nH]1. The number of hydrogen-bond donors (Lipinski definition) is 1. The van der Waals surface area contributed by atoms with Gasteiger partial charge in [-0.15, -0.1) is 11.6 Å². The molecule has 0 aliphatic rings. The summed E-state index contributed by atoms with van der Waals surface area (Å²) in [4.78, 5) is 24.7. The minimum atomic E-state index is -2.82. The lowest BCUT2D eigenvalue weighted by Crippen LogP contribution is -2.19. The van der Waals surface area contributed by atoms with Crippen molar-refractivity contribution in [3.8, 4) is 0 Å². The lowest BCUT2D eigenvalue weighted by Gasteiger charge is -2.08. The van der Waals surface area contributed by atoms with Crippen molar-refractivity contribution >= 4 is 17.6 Å². The van der Waals surface area contributed by atoms with Crippen molar-refractivity contribution in [2.45, 2.75) is 18.7 Å². The van der Waals surface area contributed by atoms with Crippen molar-refractivity contribution in [3.63, 3.8) is 0 Å². The van der Waals surface area contributed by atoms with E-state index in [1.807, 2.05) is 0 Å². The van der Waals surface area contributed by atoms with Gasteiger partial charge in [0.05, 0.1) is 19.4 Å². The van der Waals surface area contributed by atoms with Crippen molar-refractivity contribution in [1.82, 2.24) is 4.98 Å². The van der Waals surface area contributed by atoms with Gasteiger partial charge in [0.15, 0.2) is 0 Å². The number of methoxy groups -OCH3 is 1. The molecule has 0 radical (unpaired) electrons.